The molecule has 112 valence electrons. The van der Waals surface area contributed by atoms with Gasteiger partial charge in [-0.25, -0.2) is 4.98 Å². The molecular weight excluding hydrogens is 270 g/mol. The summed E-state index contributed by atoms with van der Waals surface area (Å²) < 4.78 is 5.74. The highest BCUT2D eigenvalue weighted by Crippen LogP contribution is 2.37. The highest BCUT2D eigenvalue weighted by Gasteiger charge is 2.26. The largest absolute Gasteiger partial charge is 0.377 e. The number of thiazole rings is 1. The summed E-state index contributed by atoms with van der Waals surface area (Å²) in [4.78, 5) is 8.89. The van der Waals surface area contributed by atoms with Gasteiger partial charge < -0.3 is 15.0 Å². The van der Waals surface area contributed by atoms with Gasteiger partial charge in [0.1, 0.15) is 0 Å². The van der Waals surface area contributed by atoms with Crippen molar-refractivity contribution in [3.05, 3.63) is 10.6 Å². The maximum absolute atomic E-state index is 5.74. The van der Waals surface area contributed by atoms with Crippen LogP contribution in [-0.2, 0) is 11.2 Å². The maximum Gasteiger partial charge on any atom is 0.185 e. The zero-order valence-electron chi connectivity index (χ0n) is 12.5. The third-order valence-corrected chi connectivity index (χ3v) is 5.31. The lowest BCUT2D eigenvalue weighted by Crippen LogP contribution is -2.30. The molecule has 1 fully saturated rings. The van der Waals surface area contributed by atoms with E-state index in [1.807, 2.05) is 11.3 Å². The van der Waals surface area contributed by atoms with Crippen molar-refractivity contribution in [2.45, 2.75) is 51.7 Å². The Balaban J connectivity index is 1.80. The first-order valence-corrected chi connectivity index (χ1v) is 8.69. The standard InChI is InChI=1S/C15H25N3OS/c1-3-16-12-6-4-7-13-14(12)17-15(20-13)18-8-5-9-19-11(2)10-18/h11-12,16H,3-10H2,1-2H3. The Labute approximate surface area is 125 Å². The summed E-state index contributed by atoms with van der Waals surface area (Å²) in [6.07, 6.45) is 5.12. The number of ether oxygens (including phenoxy) is 1. The molecule has 1 aliphatic carbocycles. The molecule has 2 aliphatic rings. The topological polar surface area (TPSA) is 37.4 Å². The number of hydrogen-bond donors (Lipinski definition) is 1. The SMILES string of the molecule is CCNC1CCCc2sc(N3CCCOC(C)C3)nc21. The second kappa shape index (κ2) is 6.41. The van der Waals surface area contributed by atoms with Gasteiger partial charge in [0.2, 0.25) is 0 Å². The molecule has 1 aromatic heterocycles. The van der Waals surface area contributed by atoms with Crippen molar-refractivity contribution in [1.29, 1.82) is 0 Å². The number of fused-ring (bicyclic) bond motifs is 1. The van der Waals surface area contributed by atoms with Crippen LogP contribution in [0.2, 0.25) is 0 Å². The monoisotopic (exact) mass is 295 g/mol. The fourth-order valence-electron chi connectivity index (χ4n) is 3.15. The normalized spacial score (nSPS) is 27.2. The zero-order chi connectivity index (χ0) is 13.9. The second-order valence-electron chi connectivity index (χ2n) is 5.79. The first-order valence-electron chi connectivity index (χ1n) is 7.87. The average molecular weight is 295 g/mol. The molecule has 1 aromatic rings. The van der Waals surface area contributed by atoms with Crippen molar-refractivity contribution < 1.29 is 4.74 Å². The third kappa shape index (κ3) is 3.00. The van der Waals surface area contributed by atoms with Crippen LogP contribution in [0.25, 0.3) is 0 Å². The molecule has 0 radical (unpaired) electrons. The third-order valence-electron chi connectivity index (χ3n) is 4.12. The molecule has 1 saturated heterocycles. The van der Waals surface area contributed by atoms with Gasteiger partial charge in [0.25, 0.3) is 0 Å². The van der Waals surface area contributed by atoms with Crippen molar-refractivity contribution in [1.82, 2.24) is 10.3 Å². The number of hydrogen-bond acceptors (Lipinski definition) is 5. The quantitative estimate of drug-likeness (QED) is 0.930. The van der Waals surface area contributed by atoms with Gasteiger partial charge in [-0.3, -0.25) is 0 Å². The number of nitrogens with one attached hydrogen (secondary N) is 1. The number of anilines is 1. The van der Waals surface area contributed by atoms with Crippen molar-refractivity contribution in [2.75, 3.05) is 31.1 Å². The highest BCUT2D eigenvalue weighted by molar-refractivity contribution is 7.15. The molecule has 5 heteroatoms. The van der Waals surface area contributed by atoms with Gasteiger partial charge in [-0.2, -0.15) is 0 Å². The van der Waals surface area contributed by atoms with Crippen LogP contribution in [0.15, 0.2) is 0 Å². The molecule has 1 aliphatic heterocycles. The molecule has 2 heterocycles. The van der Waals surface area contributed by atoms with E-state index in [0.717, 1.165) is 32.7 Å². The van der Waals surface area contributed by atoms with Gasteiger partial charge >= 0.3 is 0 Å². The van der Waals surface area contributed by atoms with Crippen LogP contribution in [0, 0.1) is 0 Å². The van der Waals surface area contributed by atoms with Crippen LogP contribution in [-0.4, -0.2) is 37.3 Å². The lowest BCUT2D eigenvalue weighted by atomic mass is 9.98. The zero-order valence-corrected chi connectivity index (χ0v) is 13.3. The summed E-state index contributed by atoms with van der Waals surface area (Å²) in [6.45, 7) is 8.28. The lowest BCUT2D eigenvalue weighted by Gasteiger charge is -2.22. The Kier molecular flexibility index (Phi) is 4.58. The van der Waals surface area contributed by atoms with E-state index in [2.05, 4.69) is 24.1 Å². The first-order chi connectivity index (χ1) is 9.78. The second-order valence-corrected chi connectivity index (χ2v) is 6.85. The maximum atomic E-state index is 5.74. The number of nitrogens with zero attached hydrogens (tertiary/aromatic N) is 2. The summed E-state index contributed by atoms with van der Waals surface area (Å²) in [5, 5.41) is 4.78. The molecule has 4 nitrogen and oxygen atoms in total. The van der Waals surface area contributed by atoms with Crippen LogP contribution in [0.3, 0.4) is 0 Å². The molecule has 0 saturated carbocycles. The Hall–Kier alpha value is -0.650. The van der Waals surface area contributed by atoms with Crippen molar-refractivity contribution in [3.8, 4) is 0 Å². The van der Waals surface area contributed by atoms with Crippen LogP contribution >= 0.6 is 11.3 Å². The van der Waals surface area contributed by atoms with E-state index in [1.54, 1.807) is 0 Å². The van der Waals surface area contributed by atoms with Gasteiger partial charge in [0, 0.05) is 24.6 Å². The van der Waals surface area contributed by atoms with Crippen molar-refractivity contribution in [2.24, 2.45) is 0 Å². The van der Waals surface area contributed by atoms with E-state index < -0.39 is 0 Å². The Bertz CT molecular complexity index is 448. The average Bonchev–Trinajstić information content (AvgIpc) is 2.76. The Morgan fingerprint density at radius 3 is 3.20 bits per heavy atom. The minimum atomic E-state index is 0.308. The molecule has 2 unspecified atom stereocenters. The number of rotatable bonds is 3. The summed E-state index contributed by atoms with van der Waals surface area (Å²) in [7, 11) is 0. The van der Waals surface area contributed by atoms with Gasteiger partial charge in [-0.15, -0.1) is 11.3 Å². The Morgan fingerprint density at radius 2 is 2.35 bits per heavy atom. The van der Waals surface area contributed by atoms with E-state index in [0.29, 0.717) is 12.1 Å². The lowest BCUT2D eigenvalue weighted by molar-refractivity contribution is 0.0821. The molecule has 1 N–H and O–H groups in total. The van der Waals surface area contributed by atoms with E-state index in [1.165, 1.54) is 35.0 Å². The van der Waals surface area contributed by atoms with Crippen molar-refractivity contribution in [3.63, 3.8) is 0 Å². The van der Waals surface area contributed by atoms with Gasteiger partial charge in [0.15, 0.2) is 5.13 Å². The van der Waals surface area contributed by atoms with Crippen LogP contribution in [0.4, 0.5) is 5.13 Å². The number of aromatic nitrogens is 1. The van der Waals surface area contributed by atoms with E-state index in [4.69, 9.17) is 9.72 Å². The minimum Gasteiger partial charge on any atom is -0.377 e. The molecule has 0 bridgehead atoms. The van der Waals surface area contributed by atoms with Crippen LogP contribution in [0.5, 0.6) is 0 Å². The molecule has 0 amide bonds. The molecule has 3 rings (SSSR count). The molecule has 20 heavy (non-hydrogen) atoms. The predicted molar refractivity (Wildman–Crippen MR) is 83.7 cm³/mol. The van der Waals surface area contributed by atoms with Gasteiger partial charge in [-0.1, -0.05) is 6.92 Å². The van der Waals surface area contributed by atoms with Gasteiger partial charge in [-0.05, 0) is 39.2 Å². The van der Waals surface area contributed by atoms with E-state index in [9.17, 15) is 0 Å². The molecule has 0 aromatic carbocycles. The van der Waals surface area contributed by atoms with Crippen LogP contribution < -0.4 is 10.2 Å². The predicted octanol–water partition coefficient (Wildman–Crippen LogP) is 2.75. The molecule has 2 atom stereocenters. The minimum absolute atomic E-state index is 0.308. The Morgan fingerprint density at radius 1 is 1.45 bits per heavy atom. The fourth-order valence-corrected chi connectivity index (χ4v) is 4.35. The van der Waals surface area contributed by atoms with Crippen molar-refractivity contribution >= 4 is 16.5 Å². The van der Waals surface area contributed by atoms with E-state index in [-0.39, 0.29) is 0 Å². The van der Waals surface area contributed by atoms with E-state index >= 15 is 0 Å². The highest BCUT2D eigenvalue weighted by atomic mass is 32.1. The molecular formula is C15H25N3OS. The summed E-state index contributed by atoms with van der Waals surface area (Å²) in [5.74, 6) is 0. The smallest absolute Gasteiger partial charge is 0.185 e. The summed E-state index contributed by atoms with van der Waals surface area (Å²) in [6, 6.07) is 0.467. The number of aryl methyl sites for hydroxylation is 1. The van der Waals surface area contributed by atoms with Gasteiger partial charge in [0.05, 0.1) is 17.8 Å². The summed E-state index contributed by atoms with van der Waals surface area (Å²) in [5.41, 5.74) is 1.32. The fraction of sp³-hybridized carbons (Fsp3) is 0.800. The first kappa shape index (κ1) is 14.3. The molecule has 0 spiro atoms. The summed E-state index contributed by atoms with van der Waals surface area (Å²) >= 11 is 1.90. The van der Waals surface area contributed by atoms with Crippen LogP contribution in [0.1, 0.15) is 49.7 Å².